The summed E-state index contributed by atoms with van der Waals surface area (Å²) < 4.78 is 8.07. The van der Waals surface area contributed by atoms with Crippen LogP contribution < -0.4 is 14.5 Å². The topological polar surface area (TPSA) is 165 Å². The van der Waals surface area contributed by atoms with E-state index < -0.39 is 63.6 Å². The van der Waals surface area contributed by atoms with E-state index in [0.717, 1.165) is 25.4 Å². The van der Waals surface area contributed by atoms with Gasteiger partial charge in [0.15, 0.2) is 0 Å². The number of nitro benzene ring substituents is 1. The highest BCUT2D eigenvalue weighted by atomic mass is 35.5. The smallest absolute Gasteiger partial charge is 0.271 e. The first kappa shape index (κ1) is 35.8. The Morgan fingerprint density at radius 2 is 1.79 bits per heavy atom. The van der Waals surface area contributed by atoms with Crippen LogP contribution in [-0.4, -0.2) is 50.5 Å². The van der Waals surface area contributed by atoms with Gasteiger partial charge >= 0.3 is 0 Å². The van der Waals surface area contributed by atoms with E-state index in [9.17, 15) is 29.6 Å². The molecular weight excluding hydrogens is 758 g/mol. The number of rotatable bonds is 6. The number of carbonyl (C=O) groups excluding carboxylic acids is 4. The first-order valence-corrected chi connectivity index (χ1v) is 19.2. The normalized spacial score (nSPS) is 25.7. The third-order valence-electron chi connectivity index (χ3n) is 12.3. The Balaban J connectivity index is 1.16. The zero-order valence-corrected chi connectivity index (χ0v) is 32.1. The third kappa shape index (κ3) is 4.94. The largest absolute Gasteiger partial charge is 0.508 e. The minimum Gasteiger partial charge on any atom is -0.508 e. The van der Waals surface area contributed by atoms with Gasteiger partial charge in [-0.2, -0.15) is 5.10 Å². The molecule has 0 spiro atoms. The number of aromatic hydroxyl groups is 1. The van der Waals surface area contributed by atoms with Crippen molar-refractivity contribution in [3.63, 3.8) is 0 Å². The van der Waals surface area contributed by atoms with Gasteiger partial charge in [-0.05, 0) is 86.0 Å². The molecule has 13 nitrogen and oxygen atoms in total. The minimum absolute atomic E-state index is 0.0779. The van der Waals surface area contributed by atoms with Crippen molar-refractivity contribution < 1.29 is 33.9 Å². The number of nitrogens with zero attached hydrogens (tertiary/aromatic N) is 5. The van der Waals surface area contributed by atoms with Gasteiger partial charge in [0, 0.05) is 46.5 Å². The lowest BCUT2D eigenvalue weighted by Crippen LogP contribution is -2.49. The number of phenolic OH excluding ortho intramolecular Hbond substituents is 1. The van der Waals surface area contributed by atoms with Gasteiger partial charge in [0.1, 0.15) is 23.0 Å². The van der Waals surface area contributed by atoms with Crippen LogP contribution in [0.5, 0.6) is 11.5 Å². The average molecular weight is 792 g/mol. The molecule has 3 fully saturated rings. The zero-order valence-electron chi connectivity index (χ0n) is 30.6. The van der Waals surface area contributed by atoms with E-state index in [1.807, 2.05) is 31.2 Å². The van der Waals surface area contributed by atoms with Crippen LogP contribution >= 0.6 is 22.9 Å². The first-order valence-electron chi connectivity index (χ1n) is 18.0. The van der Waals surface area contributed by atoms with E-state index in [0.29, 0.717) is 27.6 Å². The molecule has 3 aromatic carbocycles. The third-order valence-corrected chi connectivity index (χ3v) is 13.9. The summed E-state index contributed by atoms with van der Waals surface area (Å²) in [7, 11) is 3.16. The number of hydrogen-bond donors (Lipinski definition) is 1. The van der Waals surface area contributed by atoms with Crippen LogP contribution in [0.4, 0.5) is 17.2 Å². The summed E-state index contributed by atoms with van der Waals surface area (Å²) >= 11 is 7.84. The van der Waals surface area contributed by atoms with Gasteiger partial charge in [-0.25, -0.2) is 9.80 Å². The van der Waals surface area contributed by atoms with E-state index in [4.69, 9.17) is 21.4 Å². The van der Waals surface area contributed by atoms with Crippen LogP contribution in [-0.2, 0) is 26.2 Å². The van der Waals surface area contributed by atoms with Crippen molar-refractivity contribution in [2.75, 3.05) is 16.9 Å². The molecular formula is C41H34ClN5O8S. The molecule has 0 unspecified atom stereocenters. The van der Waals surface area contributed by atoms with E-state index in [1.54, 1.807) is 32.2 Å². The SMILES string of the molecule is COc1ccc(O)c([C@H]2C3=CC[C@@H]4C(=O)N(c5cccc([N+](=O)[O-])c5)C(=O)[C@@H]4[C@@H]3C[C@H]3C(=O)N(c4cc(-c5sc6ccc(Cl)cc6c5C)nn4C)C(=O)[C@@]23C)c1. The van der Waals surface area contributed by atoms with Crippen LogP contribution in [0.15, 0.2) is 78.4 Å². The number of fused-ring (bicyclic) bond motifs is 5. The van der Waals surface area contributed by atoms with E-state index in [1.165, 1.54) is 58.4 Å². The highest BCUT2D eigenvalue weighted by molar-refractivity contribution is 7.22. The Bertz CT molecular complexity index is 2630. The average Bonchev–Trinajstić information content (AvgIpc) is 3.85. The molecule has 2 saturated heterocycles. The lowest BCUT2D eigenvalue weighted by molar-refractivity contribution is -0.384. The molecule has 4 aliphatic rings. The summed E-state index contributed by atoms with van der Waals surface area (Å²) in [6.45, 7) is 3.71. The number of methoxy groups -OCH3 is 1. The number of aromatic nitrogens is 2. The van der Waals surface area contributed by atoms with Crippen LogP contribution in [0.3, 0.4) is 0 Å². The lowest BCUT2D eigenvalue weighted by atomic mass is 9.51. The van der Waals surface area contributed by atoms with Gasteiger partial charge in [-0.3, -0.25) is 34.0 Å². The summed E-state index contributed by atoms with van der Waals surface area (Å²) in [4.78, 5) is 72.6. The number of amides is 4. The summed E-state index contributed by atoms with van der Waals surface area (Å²) in [5.41, 5.74) is 0.960. The predicted molar refractivity (Wildman–Crippen MR) is 209 cm³/mol. The quantitative estimate of drug-likeness (QED) is 0.0803. The number of hydrogen-bond acceptors (Lipinski definition) is 10. The molecule has 0 bridgehead atoms. The van der Waals surface area contributed by atoms with Crippen molar-refractivity contribution >= 4 is 73.8 Å². The summed E-state index contributed by atoms with van der Waals surface area (Å²) in [5.74, 6) is -5.63. The number of allylic oxidation sites excluding steroid dienone is 2. The maximum atomic E-state index is 15.1. The molecule has 2 aromatic heterocycles. The number of nitro groups is 1. The summed E-state index contributed by atoms with van der Waals surface area (Å²) in [6.07, 6.45) is 2.11. The van der Waals surface area contributed by atoms with Crippen molar-refractivity contribution in [3.8, 4) is 22.1 Å². The Labute approximate surface area is 328 Å². The Kier molecular flexibility index (Phi) is 8.05. The zero-order chi connectivity index (χ0) is 39.5. The fraction of sp³-hybridized carbons (Fsp3) is 0.293. The Hall–Kier alpha value is -5.86. The van der Waals surface area contributed by atoms with E-state index >= 15 is 4.79 Å². The number of phenols is 1. The monoisotopic (exact) mass is 791 g/mol. The molecule has 1 N–H and O–H groups in total. The second-order valence-corrected chi connectivity index (χ2v) is 16.6. The number of thiophene rings is 1. The van der Waals surface area contributed by atoms with Crippen LogP contribution in [0.25, 0.3) is 20.7 Å². The first-order chi connectivity index (χ1) is 26.7. The summed E-state index contributed by atoms with van der Waals surface area (Å²) in [6, 6.07) is 17.5. The molecule has 2 aliphatic heterocycles. The highest BCUT2D eigenvalue weighted by Crippen LogP contribution is 2.65. The number of halogens is 1. The van der Waals surface area contributed by atoms with Crippen molar-refractivity contribution in [1.29, 1.82) is 0 Å². The molecule has 56 heavy (non-hydrogen) atoms. The van der Waals surface area contributed by atoms with Gasteiger partial charge in [0.25, 0.3) is 5.69 Å². The Morgan fingerprint density at radius 3 is 2.54 bits per heavy atom. The lowest BCUT2D eigenvalue weighted by Gasteiger charge is -2.49. The molecule has 2 aliphatic carbocycles. The molecule has 15 heteroatoms. The van der Waals surface area contributed by atoms with Crippen molar-refractivity contribution in [2.24, 2.45) is 36.1 Å². The maximum Gasteiger partial charge on any atom is 0.271 e. The number of imide groups is 2. The fourth-order valence-corrected chi connectivity index (χ4v) is 11.0. The van der Waals surface area contributed by atoms with Gasteiger partial charge < -0.3 is 9.84 Å². The predicted octanol–water partition coefficient (Wildman–Crippen LogP) is 7.32. The molecule has 6 atom stereocenters. The van der Waals surface area contributed by atoms with Gasteiger partial charge in [-0.1, -0.05) is 29.3 Å². The second kappa shape index (κ2) is 12.6. The minimum atomic E-state index is -1.43. The van der Waals surface area contributed by atoms with Crippen molar-refractivity contribution in [3.05, 3.63) is 105 Å². The van der Waals surface area contributed by atoms with Crippen LogP contribution in [0, 0.1) is 46.1 Å². The number of benzene rings is 3. The molecule has 0 radical (unpaired) electrons. The molecule has 284 valence electrons. The molecule has 5 aromatic rings. The van der Waals surface area contributed by atoms with E-state index in [-0.39, 0.29) is 35.8 Å². The number of anilines is 2. The van der Waals surface area contributed by atoms with Crippen LogP contribution in [0.1, 0.15) is 36.8 Å². The number of non-ortho nitro benzene ring substituents is 1. The Morgan fingerprint density at radius 1 is 1.00 bits per heavy atom. The molecule has 4 heterocycles. The van der Waals surface area contributed by atoms with Gasteiger partial charge in [0.05, 0.1) is 45.8 Å². The number of aryl methyl sites for hydroxylation is 2. The molecule has 9 rings (SSSR count). The number of carbonyl (C=O) groups is 4. The molecule has 1 saturated carbocycles. The van der Waals surface area contributed by atoms with Crippen molar-refractivity contribution in [2.45, 2.75) is 32.6 Å². The van der Waals surface area contributed by atoms with Crippen LogP contribution in [0.2, 0.25) is 5.02 Å². The molecule has 4 amide bonds. The number of ether oxygens (including phenoxy) is 1. The van der Waals surface area contributed by atoms with Gasteiger partial charge in [-0.15, -0.1) is 11.3 Å². The second-order valence-electron chi connectivity index (χ2n) is 15.1. The highest BCUT2D eigenvalue weighted by Gasteiger charge is 2.68. The fourth-order valence-electron chi connectivity index (χ4n) is 9.68. The van der Waals surface area contributed by atoms with Crippen molar-refractivity contribution in [1.82, 2.24) is 9.78 Å². The standard InChI is InChI=1S/C41H34ClN5O8S/c1-19-26-14-20(42)8-13-32(26)56-36(19)30-18-33(44(3)43-30)46-38(50)29-17-27-24(35(41(29,2)40(46)52)28-16-23(55-4)9-12-31(28)48)10-11-25-34(27)39(51)45(37(25)49)21-6-5-7-22(15-21)47(53)54/h5-10,12-16,18,25,27,29,34-35,48H,11,17H2,1-4H3/t25-,27+,29-,34-,35+,41+/m0/s1. The summed E-state index contributed by atoms with van der Waals surface area (Å²) in [5, 5.41) is 29.4. The van der Waals surface area contributed by atoms with E-state index in [2.05, 4.69) is 0 Å². The van der Waals surface area contributed by atoms with Gasteiger partial charge in [0.2, 0.25) is 23.6 Å². The maximum absolute atomic E-state index is 15.1.